The molecule has 190 valence electrons. The lowest BCUT2D eigenvalue weighted by Crippen LogP contribution is -2.45. The molecule has 2 rings (SSSR count). The molecule has 2 aliphatic heterocycles. The lowest BCUT2D eigenvalue weighted by atomic mass is 9.91. The Balaban J connectivity index is 1.70. The third kappa shape index (κ3) is 14.8. The smallest absolute Gasteiger partial charge is 0.0775 e. The molecule has 0 spiro atoms. The van der Waals surface area contributed by atoms with E-state index in [9.17, 15) is 5.11 Å². The van der Waals surface area contributed by atoms with Crippen LogP contribution >= 0.6 is 0 Å². The van der Waals surface area contributed by atoms with Gasteiger partial charge in [-0.15, -0.1) is 0 Å². The second kappa shape index (κ2) is 19.1. The summed E-state index contributed by atoms with van der Waals surface area (Å²) in [6.07, 6.45) is 10.8. The van der Waals surface area contributed by atoms with E-state index in [2.05, 4.69) is 4.90 Å². The molecule has 0 aromatic carbocycles. The number of rotatable bonds is 2. The first-order valence-corrected chi connectivity index (χ1v) is 13.1. The van der Waals surface area contributed by atoms with Gasteiger partial charge < -0.3 is 33.7 Å². The van der Waals surface area contributed by atoms with Crippen LogP contribution in [0.4, 0.5) is 0 Å². The highest BCUT2D eigenvalue weighted by Gasteiger charge is 2.29. The number of nitrogens with zero attached hydrogens (tertiary/aromatic N) is 1. The van der Waals surface area contributed by atoms with E-state index in [-0.39, 0.29) is 0 Å². The first-order chi connectivity index (χ1) is 15.8. The molecule has 2 heterocycles. The van der Waals surface area contributed by atoms with E-state index < -0.39 is 5.60 Å². The molecule has 0 amide bonds. The second-order valence-electron chi connectivity index (χ2n) is 9.24. The van der Waals surface area contributed by atoms with Crippen molar-refractivity contribution in [3.05, 3.63) is 0 Å². The largest absolute Gasteiger partial charge is 0.389 e. The summed E-state index contributed by atoms with van der Waals surface area (Å²) in [6.45, 7) is 10.2. The molecule has 0 aromatic heterocycles. The molecule has 1 N–H and O–H groups in total. The van der Waals surface area contributed by atoms with Gasteiger partial charge in [0.2, 0.25) is 0 Å². The van der Waals surface area contributed by atoms with Gasteiger partial charge in [-0.25, -0.2) is 0 Å². The minimum atomic E-state index is -0.647. The summed E-state index contributed by atoms with van der Waals surface area (Å²) in [4.78, 5) is 2.44. The van der Waals surface area contributed by atoms with Crippen molar-refractivity contribution in [2.75, 3.05) is 85.7 Å². The van der Waals surface area contributed by atoms with Crippen molar-refractivity contribution in [2.24, 2.45) is 0 Å². The zero-order valence-corrected chi connectivity index (χ0v) is 20.4. The van der Waals surface area contributed by atoms with E-state index in [1.165, 1.54) is 19.3 Å². The van der Waals surface area contributed by atoms with Gasteiger partial charge in [0.15, 0.2) is 0 Å². The Hall–Kier alpha value is -0.280. The maximum Gasteiger partial charge on any atom is 0.0775 e. The van der Waals surface area contributed by atoms with E-state index in [1.807, 2.05) is 0 Å². The fourth-order valence-corrected chi connectivity index (χ4v) is 4.39. The quantitative estimate of drug-likeness (QED) is 0.678. The molecular weight excluding hydrogens is 410 g/mol. The molecule has 2 saturated heterocycles. The van der Waals surface area contributed by atoms with Crippen LogP contribution in [0, 0.1) is 0 Å². The van der Waals surface area contributed by atoms with E-state index in [0.717, 1.165) is 124 Å². The van der Waals surface area contributed by atoms with Crippen LogP contribution in [0.25, 0.3) is 0 Å². The third-order valence-electron chi connectivity index (χ3n) is 6.14. The average Bonchev–Trinajstić information content (AvgIpc) is 2.79. The van der Waals surface area contributed by atoms with Gasteiger partial charge in [0, 0.05) is 72.6 Å². The summed E-state index contributed by atoms with van der Waals surface area (Å²) < 4.78 is 28.5. The van der Waals surface area contributed by atoms with Crippen LogP contribution in [-0.2, 0) is 23.7 Å². The van der Waals surface area contributed by atoms with Gasteiger partial charge in [0.05, 0.1) is 5.60 Å². The number of β-amino-alcohol motifs (C(OH)–C–C–N with tert-alkyl or cyclic N) is 1. The molecule has 0 atom stereocenters. The number of ether oxygens (including phenoxy) is 5. The highest BCUT2D eigenvalue weighted by molar-refractivity contribution is 4.83. The van der Waals surface area contributed by atoms with Gasteiger partial charge in [-0.3, -0.25) is 0 Å². The maximum atomic E-state index is 11.4. The Morgan fingerprint density at radius 2 is 0.812 bits per heavy atom. The SMILES string of the molecule is OC1(CN2CCCCC2)CCCOCCCOCCCOCCCOCCCOCCC1. The highest BCUT2D eigenvalue weighted by atomic mass is 16.5. The fourth-order valence-electron chi connectivity index (χ4n) is 4.39. The molecule has 0 radical (unpaired) electrons. The Morgan fingerprint density at radius 1 is 0.469 bits per heavy atom. The van der Waals surface area contributed by atoms with Crippen LogP contribution in [0.1, 0.15) is 70.6 Å². The zero-order chi connectivity index (χ0) is 22.6. The van der Waals surface area contributed by atoms with Crippen molar-refractivity contribution in [3.63, 3.8) is 0 Å². The van der Waals surface area contributed by atoms with E-state index in [4.69, 9.17) is 23.7 Å². The lowest BCUT2D eigenvalue weighted by Gasteiger charge is -2.36. The Bertz CT molecular complexity index is 395. The van der Waals surface area contributed by atoms with Gasteiger partial charge in [-0.05, 0) is 77.3 Å². The Kier molecular flexibility index (Phi) is 16.7. The van der Waals surface area contributed by atoms with E-state index in [1.54, 1.807) is 0 Å². The summed E-state index contributed by atoms with van der Waals surface area (Å²) in [5.74, 6) is 0. The number of likely N-dealkylation sites (tertiary alicyclic amines) is 1. The topological polar surface area (TPSA) is 69.6 Å². The molecular formula is C25H49NO6. The highest BCUT2D eigenvalue weighted by Crippen LogP contribution is 2.23. The molecule has 0 unspecified atom stereocenters. The van der Waals surface area contributed by atoms with E-state index in [0.29, 0.717) is 13.2 Å². The third-order valence-corrected chi connectivity index (χ3v) is 6.14. The van der Waals surface area contributed by atoms with Crippen LogP contribution in [0.3, 0.4) is 0 Å². The first kappa shape index (κ1) is 28.0. The van der Waals surface area contributed by atoms with Gasteiger partial charge in [0.25, 0.3) is 0 Å². The molecule has 32 heavy (non-hydrogen) atoms. The molecule has 0 saturated carbocycles. The summed E-state index contributed by atoms with van der Waals surface area (Å²) in [5.41, 5.74) is -0.647. The molecule has 2 fully saturated rings. The molecule has 0 bridgehead atoms. The van der Waals surface area contributed by atoms with Crippen molar-refractivity contribution in [3.8, 4) is 0 Å². The van der Waals surface area contributed by atoms with E-state index >= 15 is 0 Å². The standard InChI is InChI=1S/C25H49NO6/c27-25(24-26-12-2-1-3-13-26)10-4-14-28-16-6-18-30-20-8-22-32-23-9-21-31-19-7-17-29-15-5-11-25/h27H,1-24H2. The number of piperidine rings is 1. The summed E-state index contributed by atoms with van der Waals surface area (Å²) in [7, 11) is 0. The van der Waals surface area contributed by atoms with Gasteiger partial charge in [0.1, 0.15) is 0 Å². The first-order valence-electron chi connectivity index (χ1n) is 13.1. The van der Waals surface area contributed by atoms with Crippen LogP contribution in [-0.4, -0.2) is 101 Å². The minimum Gasteiger partial charge on any atom is -0.389 e. The van der Waals surface area contributed by atoms with Gasteiger partial charge in [-0.2, -0.15) is 0 Å². The zero-order valence-electron chi connectivity index (χ0n) is 20.4. The molecule has 2 aliphatic rings. The van der Waals surface area contributed by atoms with Crippen LogP contribution in [0.15, 0.2) is 0 Å². The predicted molar refractivity (Wildman–Crippen MR) is 126 cm³/mol. The monoisotopic (exact) mass is 459 g/mol. The fraction of sp³-hybridized carbons (Fsp3) is 1.00. The Labute approximate surface area is 196 Å². The second-order valence-corrected chi connectivity index (χ2v) is 9.24. The van der Waals surface area contributed by atoms with Gasteiger partial charge in [-0.1, -0.05) is 6.42 Å². The predicted octanol–water partition coefficient (Wildman–Crippen LogP) is 3.42. The molecule has 7 nitrogen and oxygen atoms in total. The van der Waals surface area contributed by atoms with Crippen LogP contribution in [0.2, 0.25) is 0 Å². The van der Waals surface area contributed by atoms with Crippen molar-refractivity contribution < 1.29 is 28.8 Å². The Morgan fingerprint density at radius 3 is 1.19 bits per heavy atom. The van der Waals surface area contributed by atoms with Crippen molar-refractivity contribution >= 4 is 0 Å². The number of aliphatic hydroxyl groups is 1. The van der Waals surface area contributed by atoms with Crippen molar-refractivity contribution in [2.45, 2.75) is 76.2 Å². The normalized spacial score (nSPS) is 26.2. The lowest BCUT2D eigenvalue weighted by molar-refractivity contribution is -0.0297. The summed E-state index contributed by atoms with van der Waals surface area (Å²) in [5, 5.41) is 11.4. The maximum absolute atomic E-state index is 11.4. The summed E-state index contributed by atoms with van der Waals surface area (Å²) in [6, 6.07) is 0. The van der Waals surface area contributed by atoms with Gasteiger partial charge >= 0.3 is 0 Å². The van der Waals surface area contributed by atoms with Crippen molar-refractivity contribution in [1.82, 2.24) is 4.90 Å². The molecule has 0 aromatic rings. The molecule has 7 heteroatoms. The molecule has 0 aliphatic carbocycles. The van der Waals surface area contributed by atoms with Crippen LogP contribution in [0.5, 0.6) is 0 Å². The number of hydrogen-bond acceptors (Lipinski definition) is 7. The number of hydrogen-bond donors (Lipinski definition) is 1. The average molecular weight is 460 g/mol. The minimum absolute atomic E-state index is 0.647. The van der Waals surface area contributed by atoms with Crippen LogP contribution < -0.4 is 0 Å². The summed E-state index contributed by atoms with van der Waals surface area (Å²) >= 11 is 0. The van der Waals surface area contributed by atoms with Crippen molar-refractivity contribution in [1.29, 1.82) is 0 Å².